The maximum absolute atomic E-state index is 10.5. The Bertz CT molecular complexity index is 168. The fourth-order valence-electron chi connectivity index (χ4n) is 0.791. The molecular formula is C9H14O2. The van der Waals surface area contributed by atoms with Crippen LogP contribution in [0.3, 0.4) is 0 Å². The summed E-state index contributed by atoms with van der Waals surface area (Å²) in [6, 6.07) is 0. The molecular weight excluding hydrogens is 140 g/mol. The minimum Gasteiger partial charge on any atom is -0.478 e. The Labute approximate surface area is 67.2 Å². The van der Waals surface area contributed by atoms with Crippen LogP contribution in [-0.4, -0.2) is 11.1 Å². The number of carbonyl (C=O) groups is 1. The minimum atomic E-state index is -0.811. The summed E-state index contributed by atoms with van der Waals surface area (Å²) >= 11 is 0. The van der Waals surface area contributed by atoms with E-state index in [1.165, 1.54) is 0 Å². The van der Waals surface area contributed by atoms with Gasteiger partial charge in [-0.3, -0.25) is 0 Å². The zero-order valence-electron chi connectivity index (χ0n) is 6.84. The summed E-state index contributed by atoms with van der Waals surface area (Å²) in [6.45, 7) is 5.48. The van der Waals surface area contributed by atoms with Crippen LogP contribution in [0.2, 0.25) is 0 Å². The third-order valence-electron chi connectivity index (χ3n) is 1.32. The fourth-order valence-corrected chi connectivity index (χ4v) is 0.791. The number of aliphatic carboxylic acids is 1. The van der Waals surface area contributed by atoms with Crippen molar-refractivity contribution in [2.24, 2.45) is 0 Å². The second-order valence-corrected chi connectivity index (χ2v) is 2.31. The van der Waals surface area contributed by atoms with Crippen LogP contribution in [0.25, 0.3) is 0 Å². The summed E-state index contributed by atoms with van der Waals surface area (Å²) in [4.78, 5) is 10.5. The predicted molar refractivity (Wildman–Crippen MR) is 45.4 cm³/mol. The van der Waals surface area contributed by atoms with E-state index in [1.54, 1.807) is 12.2 Å². The van der Waals surface area contributed by atoms with Crippen molar-refractivity contribution in [3.05, 3.63) is 24.3 Å². The molecule has 0 amide bonds. The third-order valence-corrected chi connectivity index (χ3v) is 1.32. The summed E-state index contributed by atoms with van der Waals surface area (Å²) in [6.07, 6.45) is 5.55. The summed E-state index contributed by atoms with van der Waals surface area (Å²) in [5.74, 6) is -0.811. The Balaban J connectivity index is 4.07. The molecule has 0 aromatic rings. The van der Waals surface area contributed by atoms with Gasteiger partial charge in [0.2, 0.25) is 0 Å². The van der Waals surface area contributed by atoms with Crippen LogP contribution in [0, 0.1) is 0 Å². The van der Waals surface area contributed by atoms with E-state index in [0.29, 0.717) is 18.4 Å². The monoisotopic (exact) mass is 154 g/mol. The molecule has 0 aromatic heterocycles. The largest absolute Gasteiger partial charge is 0.478 e. The first kappa shape index (κ1) is 9.95. The normalized spacial score (nSPS) is 11.2. The zero-order chi connectivity index (χ0) is 8.69. The predicted octanol–water partition coefficient (Wildman–Crippen LogP) is 2.37. The lowest BCUT2D eigenvalue weighted by Crippen LogP contribution is -1.99. The molecule has 0 unspecified atom stereocenters. The molecule has 2 heteroatoms. The van der Waals surface area contributed by atoms with Crippen LogP contribution in [0.1, 0.15) is 26.2 Å². The molecule has 1 N–H and O–H groups in total. The van der Waals surface area contributed by atoms with E-state index >= 15 is 0 Å². The minimum absolute atomic E-state index is 0.493. The van der Waals surface area contributed by atoms with Crippen molar-refractivity contribution < 1.29 is 9.90 Å². The smallest absolute Gasteiger partial charge is 0.331 e. The standard InChI is InChI=1S/C9H14O2/c1-3-5-7-8(6-4-2)9(10)11/h3,7H,1,4-6H2,2H3,(H,10,11)/b8-7+. The van der Waals surface area contributed by atoms with E-state index in [1.807, 2.05) is 6.92 Å². The number of hydrogen-bond donors (Lipinski definition) is 1. The zero-order valence-corrected chi connectivity index (χ0v) is 6.84. The van der Waals surface area contributed by atoms with E-state index in [9.17, 15) is 4.79 Å². The Kier molecular flexibility index (Phi) is 5.17. The maximum Gasteiger partial charge on any atom is 0.331 e. The van der Waals surface area contributed by atoms with Gasteiger partial charge in [-0.25, -0.2) is 4.79 Å². The molecule has 0 heterocycles. The summed E-state index contributed by atoms with van der Waals surface area (Å²) in [5.41, 5.74) is 0.493. The molecule has 0 bridgehead atoms. The molecule has 0 rings (SSSR count). The number of carboxylic acids is 1. The molecule has 62 valence electrons. The molecule has 0 saturated carbocycles. The topological polar surface area (TPSA) is 37.3 Å². The highest BCUT2D eigenvalue weighted by atomic mass is 16.4. The van der Waals surface area contributed by atoms with E-state index in [4.69, 9.17) is 5.11 Å². The first-order chi connectivity index (χ1) is 5.22. The van der Waals surface area contributed by atoms with Crippen molar-refractivity contribution in [2.45, 2.75) is 26.2 Å². The Morgan fingerprint density at radius 3 is 2.64 bits per heavy atom. The van der Waals surface area contributed by atoms with Crippen molar-refractivity contribution >= 4 is 5.97 Å². The lowest BCUT2D eigenvalue weighted by molar-refractivity contribution is -0.132. The van der Waals surface area contributed by atoms with E-state index in [2.05, 4.69) is 6.58 Å². The fraction of sp³-hybridized carbons (Fsp3) is 0.444. The highest BCUT2D eigenvalue weighted by Gasteiger charge is 2.03. The lowest BCUT2D eigenvalue weighted by atomic mass is 10.1. The van der Waals surface area contributed by atoms with Gasteiger partial charge in [0.05, 0.1) is 0 Å². The van der Waals surface area contributed by atoms with Gasteiger partial charge >= 0.3 is 5.97 Å². The molecule has 0 aliphatic carbocycles. The Morgan fingerprint density at radius 2 is 2.27 bits per heavy atom. The van der Waals surface area contributed by atoms with Gasteiger partial charge in [0.1, 0.15) is 0 Å². The number of allylic oxidation sites excluding steroid dienone is 2. The number of hydrogen-bond acceptors (Lipinski definition) is 1. The Morgan fingerprint density at radius 1 is 1.64 bits per heavy atom. The molecule has 0 spiro atoms. The average Bonchev–Trinajstić information content (AvgIpc) is 1.97. The van der Waals surface area contributed by atoms with Crippen molar-refractivity contribution in [3.8, 4) is 0 Å². The van der Waals surface area contributed by atoms with Gasteiger partial charge in [0.25, 0.3) is 0 Å². The van der Waals surface area contributed by atoms with Gasteiger partial charge in [-0.05, 0) is 12.8 Å². The van der Waals surface area contributed by atoms with Crippen LogP contribution in [-0.2, 0) is 4.79 Å². The maximum atomic E-state index is 10.5. The second-order valence-electron chi connectivity index (χ2n) is 2.31. The highest BCUT2D eigenvalue weighted by molar-refractivity contribution is 5.86. The van der Waals surface area contributed by atoms with Gasteiger partial charge in [-0.1, -0.05) is 25.5 Å². The number of rotatable bonds is 5. The van der Waals surface area contributed by atoms with Crippen LogP contribution in [0.15, 0.2) is 24.3 Å². The molecule has 2 nitrogen and oxygen atoms in total. The molecule has 0 atom stereocenters. The van der Waals surface area contributed by atoms with Crippen LogP contribution in [0.5, 0.6) is 0 Å². The van der Waals surface area contributed by atoms with Crippen LogP contribution < -0.4 is 0 Å². The van der Waals surface area contributed by atoms with Crippen molar-refractivity contribution in [1.29, 1.82) is 0 Å². The molecule has 0 aromatic carbocycles. The molecule has 0 aliphatic heterocycles. The van der Waals surface area contributed by atoms with E-state index in [0.717, 1.165) is 6.42 Å². The first-order valence-corrected chi connectivity index (χ1v) is 3.75. The molecule has 0 aliphatic rings. The molecule has 0 fully saturated rings. The van der Waals surface area contributed by atoms with Crippen molar-refractivity contribution in [1.82, 2.24) is 0 Å². The number of carboxylic acid groups (broad SMARTS) is 1. The van der Waals surface area contributed by atoms with Crippen LogP contribution in [0.4, 0.5) is 0 Å². The van der Waals surface area contributed by atoms with Gasteiger partial charge in [0.15, 0.2) is 0 Å². The summed E-state index contributed by atoms with van der Waals surface area (Å²) in [7, 11) is 0. The molecule has 11 heavy (non-hydrogen) atoms. The summed E-state index contributed by atoms with van der Waals surface area (Å²) < 4.78 is 0. The lowest BCUT2D eigenvalue weighted by Gasteiger charge is -1.97. The SMILES string of the molecule is C=CC/C=C(\CCC)C(=O)O. The average molecular weight is 154 g/mol. The van der Waals surface area contributed by atoms with Gasteiger partial charge in [-0.15, -0.1) is 6.58 Å². The molecule has 0 radical (unpaired) electrons. The van der Waals surface area contributed by atoms with Gasteiger partial charge < -0.3 is 5.11 Å². The Hall–Kier alpha value is -1.05. The second kappa shape index (κ2) is 5.71. The molecule has 0 saturated heterocycles. The first-order valence-electron chi connectivity index (χ1n) is 3.75. The quantitative estimate of drug-likeness (QED) is 0.487. The van der Waals surface area contributed by atoms with Crippen molar-refractivity contribution in [2.75, 3.05) is 0 Å². The highest BCUT2D eigenvalue weighted by Crippen LogP contribution is 2.05. The summed E-state index contributed by atoms with van der Waals surface area (Å²) in [5, 5.41) is 8.63. The van der Waals surface area contributed by atoms with Crippen molar-refractivity contribution in [3.63, 3.8) is 0 Å². The van der Waals surface area contributed by atoms with Crippen LogP contribution >= 0.6 is 0 Å². The van der Waals surface area contributed by atoms with E-state index < -0.39 is 5.97 Å². The third kappa shape index (κ3) is 4.37. The van der Waals surface area contributed by atoms with Gasteiger partial charge in [-0.2, -0.15) is 0 Å². The van der Waals surface area contributed by atoms with E-state index in [-0.39, 0.29) is 0 Å². The van der Waals surface area contributed by atoms with Gasteiger partial charge in [0, 0.05) is 5.57 Å².